The van der Waals surface area contributed by atoms with Gasteiger partial charge < -0.3 is 10.2 Å². The van der Waals surface area contributed by atoms with Crippen molar-refractivity contribution in [2.45, 2.75) is 39.2 Å². The molecule has 102 valence electrons. The van der Waals surface area contributed by atoms with E-state index in [9.17, 15) is 0 Å². The van der Waals surface area contributed by atoms with Gasteiger partial charge in [-0.15, -0.1) is 0 Å². The van der Waals surface area contributed by atoms with E-state index in [2.05, 4.69) is 43.1 Å². The fraction of sp³-hybridized carbons (Fsp3) is 1.00. The van der Waals surface area contributed by atoms with Gasteiger partial charge in [0, 0.05) is 19.1 Å². The molecule has 0 amide bonds. The molecule has 17 heavy (non-hydrogen) atoms. The lowest BCUT2D eigenvalue weighted by molar-refractivity contribution is 0.207. The van der Waals surface area contributed by atoms with Crippen molar-refractivity contribution in [2.24, 2.45) is 5.92 Å². The lowest BCUT2D eigenvalue weighted by atomic mass is 10.0. The Morgan fingerprint density at radius 2 is 2.06 bits per heavy atom. The molecule has 1 unspecified atom stereocenters. The summed E-state index contributed by atoms with van der Waals surface area (Å²) in [5, 5.41) is 3.56. The first kappa shape index (κ1) is 14.9. The van der Waals surface area contributed by atoms with Crippen molar-refractivity contribution in [3.8, 4) is 0 Å². The molecule has 1 aliphatic heterocycles. The largest absolute Gasteiger partial charge is 0.315 e. The van der Waals surface area contributed by atoms with Crippen molar-refractivity contribution >= 4 is 0 Å². The molecule has 0 bridgehead atoms. The third-order valence-electron chi connectivity index (χ3n) is 3.72. The summed E-state index contributed by atoms with van der Waals surface area (Å²) in [5.74, 6) is 0.811. The van der Waals surface area contributed by atoms with Crippen LogP contribution in [0.1, 0.15) is 33.1 Å². The van der Waals surface area contributed by atoms with Gasteiger partial charge in [0.05, 0.1) is 0 Å². The summed E-state index contributed by atoms with van der Waals surface area (Å²) in [6.45, 7) is 10.7. The van der Waals surface area contributed by atoms with Crippen LogP contribution in [0.3, 0.4) is 0 Å². The van der Waals surface area contributed by atoms with Crippen LogP contribution in [0.4, 0.5) is 0 Å². The Balaban J connectivity index is 2.02. The highest BCUT2D eigenvalue weighted by atomic mass is 15.2. The van der Waals surface area contributed by atoms with Crippen molar-refractivity contribution < 1.29 is 0 Å². The van der Waals surface area contributed by atoms with Crippen molar-refractivity contribution in [1.82, 2.24) is 15.1 Å². The van der Waals surface area contributed by atoms with Crippen molar-refractivity contribution in [3.05, 3.63) is 0 Å². The number of rotatable bonds is 8. The molecule has 0 aromatic heterocycles. The van der Waals surface area contributed by atoms with E-state index < -0.39 is 0 Å². The van der Waals surface area contributed by atoms with Crippen LogP contribution in [0.15, 0.2) is 0 Å². The van der Waals surface area contributed by atoms with Crippen LogP contribution < -0.4 is 5.32 Å². The quantitative estimate of drug-likeness (QED) is 0.652. The van der Waals surface area contributed by atoms with Gasteiger partial charge in [-0.3, -0.25) is 4.90 Å². The van der Waals surface area contributed by atoms with Gasteiger partial charge in [0.25, 0.3) is 0 Å². The summed E-state index contributed by atoms with van der Waals surface area (Å²) in [5.41, 5.74) is 0. The number of nitrogens with zero attached hydrogens (tertiary/aromatic N) is 2. The van der Waals surface area contributed by atoms with Crippen LogP contribution in [0.2, 0.25) is 0 Å². The average Bonchev–Trinajstić information content (AvgIpc) is 2.71. The predicted molar refractivity (Wildman–Crippen MR) is 75.5 cm³/mol. The Morgan fingerprint density at radius 3 is 2.71 bits per heavy atom. The molecule has 1 fully saturated rings. The van der Waals surface area contributed by atoms with Crippen LogP contribution in [0.5, 0.6) is 0 Å². The second-order valence-electron chi connectivity index (χ2n) is 5.90. The zero-order valence-corrected chi connectivity index (χ0v) is 12.2. The molecule has 1 rings (SSSR count). The number of nitrogens with one attached hydrogen (secondary N) is 1. The lowest BCUT2D eigenvalue weighted by Crippen LogP contribution is -2.38. The first-order valence-electron chi connectivity index (χ1n) is 7.20. The fourth-order valence-corrected chi connectivity index (χ4v) is 2.75. The minimum atomic E-state index is 0.811. The predicted octanol–water partition coefficient (Wildman–Crippen LogP) is 1.65. The third kappa shape index (κ3) is 5.84. The summed E-state index contributed by atoms with van der Waals surface area (Å²) < 4.78 is 0. The topological polar surface area (TPSA) is 18.5 Å². The number of hydrogen-bond donors (Lipinski definition) is 1. The molecule has 1 heterocycles. The minimum Gasteiger partial charge on any atom is -0.315 e. The minimum absolute atomic E-state index is 0.811. The zero-order valence-electron chi connectivity index (χ0n) is 12.2. The Labute approximate surface area is 108 Å². The highest BCUT2D eigenvalue weighted by molar-refractivity contribution is 4.81. The number of hydrogen-bond acceptors (Lipinski definition) is 3. The fourth-order valence-electron chi connectivity index (χ4n) is 2.75. The second-order valence-corrected chi connectivity index (χ2v) is 5.90. The van der Waals surface area contributed by atoms with Gasteiger partial charge in [0.1, 0.15) is 0 Å². The Hall–Kier alpha value is -0.120. The molecule has 3 heteroatoms. The first-order valence-corrected chi connectivity index (χ1v) is 7.20. The molecule has 0 saturated carbocycles. The monoisotopic (exact) mass is 241 g/mol. The molecule has 0 spiro atoms. The number of likely N-dealkylation sites (tertiary alicyclic amines) is 1. The normalized spacial score (nSPS) is 21.9. The average molecular weight is 241 g/mol. The van der Waals surface area contributed by atoms with E-state index in [0.717, 1.165) is 25.0 Å². The van der Waals surface area contributed by atoms with E-state index in [4.69, 9.17) is 0 Å². The molecular formula is C14H31N3. The third-order valence-corrected chi connectivity index (χ3v) is 3.72. The molecule has 0 radical (unpaired) electrons. The van der Waals surface area contributed by atoms with Crippen LogP contribution in [-0.4, -0.2) is 62.7 Å². The molecule has 0 aromatic carbocycles. The summed E-state index contributed by atoms with van der Waals surface area (Å²) in [6, 6.07) is 0.832. The SMILES string of the molecule is CC(C)C1CCCN1CCNCCCN(C)C. The first-order chi connectivity index (χ1) is 8.11. The van der Waals surface area contributed by atoms with Crippen LogP contribution in [0.25, 0.3) is 0 Å². The van der Waals surface area contributed by atoms with E-state index in [1.165, 1.54) is 38.9 Å². The van der Waals surface area contributed by atoms with Gasteiger partial charge in [0.2, 0.25) is 0 Å². The van der Waals surface area contributed by atoms with E-state index in [0.29, 0.717) is 0 Å². The summed E-state index contributed by atoms with van der Waals surface area (Å²) in [7, 11) is 4.27. The highest BCUT2D eigenvalue weighted by Crippen LogP contribution is 2.22. The van der Waals surface area contributed by atoms with Gasteiger partial charge in [-0.05, 0) is 58.9 Å². The lowest BCUT2D eigenvalue weighted by Gasteiger charge is -2.27. The molecule has 1 N–H and O–H groups in total. The maximum absolute atomic E-state index is 3.56. The van der Waals surface area contributed by atoms with Crippen molar-refractivity contribution in [1.29, 1.82) is 0 Å². The van der Waals surface area contributed by atoms with Gasteiger partial charge >= 0.3 is 0 Å². The van der Waals surface area contributed by atoms with E-state index in [-0.39, 0.29) is 0 Å². The molecule has 0 aromatic rings. The maximum atomic E-state index is 3.56. The van der Waals surface area contributed by atoms with E-state index in [1.54, 1.807) is 0 Å². The molecule has 1 atom stereocenters. The van der Waals surface area contributed by atoms with Gasteiger partial charge in [-0.2, -0.15) is 0 Å². The molecular weight excluding hydrogens is 210 g/mol. The van der Waals surface area contributed by atoms with Crippen LogP contribution >= 0.6 is 0 Å². The zero-order chi connectivity index (χ0) is 12.7. The summed E-state index contributed by atoms with van der Waals surface area (Å²) in [4.78, 5) is 4.92. The Bertz CT molecular complexity index is 192. The molecule has 1 saturated heterocycles. The Morgan fingerprint density at radius 1 is 1.29 bits per heavy atom. The van der Waals surface area contributed by atoms with Gasteiger partial charge in [0.15, 0.2) is 0 Å². The van der Waals surface area contributed by atoms with Gasteiger partial charge in [-0.1, -0.05) is 13.8 Å². The van der Waals surface area contributed by atoms with E-state index >= 15 is 0 Å². The molecule has 1 aliphatic rings. The standard InChI is InChI=1S/C14H31N3/c1-13(2)14-7-5-11-17(14)12-9-15-8-6-10-16(3)4/h13-15H,5-12H2,1-4H3. The summed E-state index contributed by atoms with van der Waals surface area (Å²) in [6.07, 6.45) is 4.04. The van der Waals surface area contributed by atoms with Crippen molar-refractivity contribution in [2.75, 3.05) is 46.8 Å². The molecule has 0 aliphatic carbocycles. The summed E-state index contributed by atoms with van der Waals surface area (Å²) >= 11 is 0. The molecule has 3 nitrogen and oxygen atoms in total. The second kappa shape index (κ2) is 8.06. The maximum Gasteiger partial charge on any atom is 0.0119 e. The smallest absolute Gasteiger partial charge is 0.0119 e. The highest BCUT2D eigenvalue weighted by Gasteiger charge is 2.25. The van der Waals surface area contributed by atoms with Crippen molar-refractivity contribution in [3.63, 3.8) is 0 Å². The van der Waals surface area contributed by atoms with Crippen LogP contribution in [0, 0.1) is 5.92 Å². The van der Waals surface area contributed by atoms with Gasteiger partial charge in [-0.25, -0.2) is 0 Å². The van der Waals surface area contributed by atoms with Crippen LogP contribution in [-0.2, 0) is 0 Å². The Kier molecular flexibility index (Phi) is 7.09. The van der Waals surface area contributed by atoms with E-state index in [1.807, 2.05) is 0 Å².